The lowest BCUT2D eigenvalue weighted by Crippen LogP contribution is -1.85. The van der Waals surface area contributed by atoms with Crippen molar-refractivity contribution < 1.29 is 10.2 Å². The molecule has 2 N–H and O–H groups in total. The summed E-state index contributed by atoms with van der Waals surface area (Å²) < 4.78 is 0. The second-order valence-electron chi connectivity index (χ2n) is 4.63. The highest BCUT2D eigenvalue weighted by molar-refractivity contribution is 8.76. The molecule has 0 saturated heterocycles. The summed E-state index contributed by atoms with van der Waals surface area (Å²) in [7, 11) is 4.03. The Bertz CT molecular complexity index is 130. The number of hydrogen-bond acceptors (Lipinski definition) is 4. The Hall–Kier alpha value is 0.620. The Morgan fingerprint density at radius 2 is 0.778 bits per heavy atom. The minimum atomic E-state index is 0.350. The Labute approximate surface area is 121 Å². The normalized spacial score (nSPS) is 11.0. The predicted molar refractivity (Wildman–Crippen MR) is 85.3 cm³/mol. The Morgan fingerprint density at radius 1 is 0.444 bits per heavy atom. The first-order valence-electron chi connectivity index (χ1n) is 7.38. The lowest BCUT2D eigenvalue weighted by Gasteiger charge is -2.02. The van der Waals surface area contributed by atoms with E-state index in [0.29, 0.717) is 13.2 Å². The van der Waals surface area contributed by atoms with Crippen LogP contribution in [-0.2, 0) is 0 Å². The Balaban J connectivity index is 2.86. The van der Waals surface area contributed by atoms with Crippen LogP contribution in [0.15, 0.2) is 0 Å². The highest BCUT2D eigenvalue weighted by Gasteiger charge is 1.94. The van der Waals surface area contributed by atoms with Crippen molar-refractivity contribution in [3.63, 3.8) is 0 Å². The molecule has 0 saturated carbocycles. The average Bonchev–Trinajstić information content (AvgIpc) is 2.39. The molecule has 0 aliphatic carbocycles. The zero-order valence-electron chi connectivity index (χ0n) is 11.6. The first-order valence-corrected chi connectivity index (χ1v) is 9.86. The minimum absolute atomic E-state index is 0.350. The van der Waals surface area contributed by atoms with Crippen molar-refractivity contribution >= 4 is 21.6 Å². The number of hydrogen-bond donors (Lipinski definition) is 2. The second kappa shape index (κ2) is 17.6. The number of unbranched alkanes of at least 4 members (excludes halogenated alkanes) is 8. The van der Waals surface area contributed by atoms with E-state index < -0.39 is 0 Å². The smallest absolute Gasteiger partial charge is 0.0431 e. The highest BCUT2D eigenvalue weighted by Crippen LogP contribution is 2.24. The molecule has 0 aromatic heterocycles. The molecule has 0 aliphatic heterocycles. The van der Waals surface area contributed by atoms with Crippen LogP contribution in [0.5, 0.6) is 0 Å². The molecule has 0 aromatic carbocycles. The average molecular weight is 295 g/mol. The van der Waals surface area contributed by atoms with Gasteiger partial charge in [-0.3, -0.25) is 0 Å². The summed E-state index contributed by atoms with van der Waals surface area (Å²) in [5, 5.41) is 17.3. The third-order valence-electron chi connectivity index (χ3n) is 2.85. The Kier molecular flexibility index (Phi) is 18.2. The van der Waals surface area contributed by atoms with Crippen LogP contribution in [0.25, 0.3) is 0 Å². The van der Waals surface area contributed by atoms with Crippen molar-refractivity contribution in [2.45, 2.75) is 64.2 Å². The summed E-state index contributed by atoms with van der Waals surface area (Å²) in [6, 6.07) is 0. The standard InChI is InChI=1S/C14H30O2S2/c15-11-7-3-1-5-9-13-17-18-14-10-6-2-4-8-12-16/h15-16H,1-14H2. The topological polar surface area (TPSA) is 40.5 Å². The lowest BCUT2D eigenvalue weighted by atomic mass is 10.2. The summed E-state index contributed by atoms with van der Waals surface area (Å²) in [5.74, 6) is 2.54. The monoisotopic (exact) mass is 294 g/mol. The summed E-state index contributed by atoms with van der Waals surface area (Å²) in [5.41, 5.74) is 0. The molecule has 0 unspecified atom stereocenters. The van der Waals surface area contributed by atoms with Crippen LogP contribution < -0.4 is 0 Å². The SMILES string of the molecule is OCCCCCCCSSCCCCCCCO. The molecule has 0 aliphatic rings. The maximum Gasteiger partial charge on any atom is 0.0431 e. The molecule has 4 heteroatoms. The molecule has 0 amide bonds. The van der Waals surface area contributed by atoms with Gasteiger partial charge in [0.2, 0.25) is 0 Å². The van der Waals surface area contributed by atoms with Gasteiger partial charge in [-0.25, -0.2) is 0 Å². The minimum Gasteiger partial charge on any atom is -0.396 e. The van der Waals surface area contributed by atoms with Gasteiger partial charge in [0.25, 0.3) is 0 Å². The zero-order chi connectivity index (χ0) is 13.3. The van der Waals surface area contributed by atoms with Gasteiger partial charge in [-0.15, -0.1) is 0 Å². The van der Waals surface area contributed by atoms with Gasteiger partial charge in [0.15, 0.2) is 0 Å². The predicted octanol–water partition coefficient (Wildman–Crippen LogP) is 4.25. The fraction of sp³-hybridized carbons (Fsp3) is 1.00. The molecular formula is C14H30O2S2. The van der Waals surface area contributed by atoms with Crippen LogP contribution in [0, 0.1) is 0 Å². The molecule has 0 heterocycles. The molecule has 0 aromatic rings. The quantitative estimate of drug-likeness (QED) is 0.350. The van der Waals surface area contributed by atoms with Gasteiger partial charge in [-0.2, -0.15) is 0 Å². The molecule has 0 rings (SSSR count). The number of aliphatic hydroxyl groups is 2. The molecular weight excluding hydrogens is 264 g/mol. The van der Waals surface area contributed by atoms with E-state index in [9.17, 15) is 0 Å². The number of rotatable bonds is 15. The van der Waals surface area contributed by atoms with Gasteiger partial charge < -0.3 is 10.2 Å². The van der Waals surface area contributed by atoms with Crippen molar-refractivity contribution in [3.8, 4) is 0 Å². The van der Waals surface area contributed by atoms with Crippen molar-refractivity contribution in [2.24, 2.45) is 0 Å². The van der Waals surface area contributed by atoms with E-state index in [0.717, 1.165) is 12.8 Å². The van der Waals surface area contributed by atoms with E-state index in [1.165, 1.54) is 62.9 Å². The summed E-state index contributed by atoms with van der Waals surface area (Å²) in [6.45, 7) is 0.700. The summed E-state index contributed by atoms with van der Waals surface area (Å²) >= 11 is 0. The van der Waals surface area contributed by atoms with Gasteiger partial charge in [0.1, 0.15) is 0 Å². The molecule has 110 valence electrons. The van der Waals surface area contributed by atoms with Gasteiger partial charge >= 0.3 is 0 Å². The van der Waals surface area contributed by atoms with Crippen LogP contribution in [-0.4, -0.2) is 34.9 Å². The van der Waals surface area contributed by atoms with Crippen LogP contribution in [0.1, 0.15) is 64.2 Å². The van der Waals surface area contributed by atoms with Gasteiger partial charge in [0.05, 0.1) is 0 Å². The fourth-order valence-corrected chi connectivity index (χ4v) is 4.02. The maximum absolute atomic E-state index is 8.64. The third kappa shape index (κ3) is 16.6. The highest BCUT2D eigenvalue weighted by atomic mass is 33.1. The van der Waals surface area contributed by atoms with Crippen LogP contribution in [0.4, 0.5) is 0 Å². The molecule has 0 fully saturated rings. The molecule has 2 nitrogen and oxygen atoms in total. The second-order valence-corrected chi connectivity index (χ2v) is 7.33. The first-order chi connectivity index (χ1) is 8.91. The van der Waals surface area contributed by atoms with Crippen molar-refractivity contribution in [1.29, 1.82) is 0 Å². The zero-order valence-corrected chi connectivity index (χ0v) is 13.2. The third-order valence-corrected chi connectivity index (χ3v) is 5.43. The summed E-state index contributed by atoms with van der Waals surface area (Å²) in [6.07, 6.45) is 12.1. The molecule has 0 spiro atoms. The van der Waals surface area contributed by atoms with Crippen molar-refractivity contribution in [3.05, 3.63) is 0 Å². The molecule has 0 bridgehead atoms. The van der Waals surface area contributed by atoms with E-state index in [1.54, 1.807) is 0 Å². The van der Waals surface area contributed by atoms with E-state index in [4.69, 9.17) is 10.2 Å². The largest absolute Gasteiger partial charge is 0.396 e. The van der Waals surface area contributed by atoms with E-state index in [2.05, 4.69) is 0 Å². The van der Waals surface area contributed by atoms with Crippen LogP contribution in [0.2, 0.25) is 0 Å². The van der Waals surface area contributed by atoms with Crippen LogP contribution in [0.3, 0.4) is 0 Å². The van der Waals surface area contributed by atoms with E-state index >= 15 is 0 Å². The molecule has 0 atom stereocenters. The van der Waals surface area contributed by atoms with Crippen molar-refractivity contribution in [1.82, 2.24) is 0 Å². The Morgan fingerprint density at radius 3 is 1.17 bits per heavy atom. The first kappa shape index (κ1) is 18.6. The van der Waals surface area contributed by atoms with Gasteiger partial charge in [-0.1, -0.05) is 60.1 Å². The maximum atomic E-state index is 8.64. The van der Waals surface area contributed by atoms with Crippen LogP contribution >= 0.6 is 21.6 Å². The van der Waals surface area contributed by atoms with E-state index in [1.807, 2.05) is 21.6 Å². The number of aliphatic hydroxyl groups excluding tert-OH is 2. The summed E-state index contributed by atoms with van der Waals surface area (Å²) in [4.78, 5) is 0. The molecule has 0 radical (unpaired) electrons. The molecule has 18 heavy (non-hydrogen) atoms. The van der Waals surface area contributed by atoms with Crippen molar-refractivity contribution in [2.75, 3.05) is 24.7 Å². The van der Waals surface area contributed by atoms with Gasteiger partial charge in [-0.05, 0) is 25.7 Å². The van der Waals surface area contributed by atoms with E-state index in [-0.39, 0.29) is 0 Å². The lowest BCUT2D eigenvalue weighted by molar-refractivity contribution is 0.282. The fourth-order valence-electron chi connectivity index (χ4n) is 1.72. The van der Waals surface area contributed by atoms with Gasteiger partial charge in [0, 0.05) is 24.7 Å².